The molecular formula is C26H28N6O5. The van der Waals surface area contributed by atoms with Gasteiger partial charge in [0, 0.05) is 50.8 Å². The molecule has 0 aliphatic carbocycles. The van der Waals surface area contributed by atoms with E-state index in [1.54, 1.807) is 11.0 Å². The van der Waals surface area contributed by atoms with Crippen molar-refractivity contribution < 1.29 is 23.9 Å². The Bertz CT molecular complexity index is 1270. The highest BCUT2D eigenvalue weighted by atomic mass is 16.5. The Kier molecular flexibility index (Phi) is 7.12. The summed E-state index contributed by atoms with van der Waals surface area (Å²) in [5.41, 5.74) is 2.99. The van der Waals surface area contributed by atoms with Crippen LogP contribution in [0.5, 0.6) is 0 Å². The minimum absolute atomic E-state index is 0.0998. The van der Waals surface area contributed by atoms with Crippen LogP contribution in [0.4, 0.5) is 16.4 Å². The predicted octanol–water partition coefficient (Wildman–Crippen LogP) is 2.08. The van der Waals surface area contributed by atoms with Crippen molar-refractivity contribution in [2.75, 3.05) is 43.6 Å². The molecule has 192 valence electrons. The van der Waals surface area contributed by atoms with E-state index in [0.717, 1.165) is 17.5 Å². The summed E-state index contributed by atoms with van der Waals surface area (Å²) in [6.45, 7) is 2.57. The highest BCUT2D eigenvalue weighted by Crippen LogP contribution is 2.29. The maximum absolute atomic E-state index is 13.3. The van der Waals surface area contributed by atoms with Gasteiger partial charge in [0.15, 0.2) is 6.29 Å². The van der Waals surface area contributed by atoms with Gasteiger partial charge in [-0.25, -0.2) is 14.8 Å². The molecule has 0 spiro atoms. The number of anilines is 2. The number of methoxy groups -OCH3 is 1. The van der Waals surface area contributed by atoms with Gasteiger partial charge in [0.1, 0.15) is 29.5 Å². The Labute approximate surface area is 214 Å². The summed E-state index contributed by atoms with van der Waals surface area (Å²) >= 11 is 0. The van der Waals surface area contributed by atoms with Crippen molar-refractivity contribution in [3.8, 4) is 6.07 Å². The Morgan fingerprint density at radius 3 is 2.84 bits per heavy atom. The standard InChI is InChI=1S/C26H28N6O5/c1-36-22-4-6-31(25(22)34)12-19-8-17-3-2-5-32(24(17)29-21(19)13-33)26(35)30-23-9-18(7-16-14-37-15-16)20(10-27)11-28-23/h8-9,11,13,16,22H,2-7,12,14-15H2,1H3,(H,28,30,35)/t22-/m0/s1. The number of aryl methyl sites for hydroxylation is 1. The number of amides is 3. The maximum Gasteiger partial charge on any atom is 0.328 e. The first-order valence-electron chi connectivity index (χ1n) is 12.4. The molecule has 2 fully saturated rings. The number of nitrogens with one attached hydrogen (secondary N) is 1. The molecule has 37 heavy (non-hydrogen) atoms. The molecule has 5 rings (SSSR count). The summed E-state index contributed by atoms with van der Waals surface area (Å²) in [6.07, 6.45) is 4.39. The number of aromatic nitrogens is 2. The molecule has 5 heterocycles. The fourth-order valence-corrected chi connectivity index (χ4v) is 5.00. The molecular weight excluding hydrogens is 476 g/mol. The van der Waals surface area contributed by atoms with Crippen LogP contribution in [0.15, 0.2) is 18.3 Å². The lowest BCUT2D eigenvalue weighted by Gasteiger charge is -2.29. The number of pyridine rings is 2. The number of hydrogen-bond acceptors (Lipinski definition) is 8. The van der Waals surface area contributed by atoms with Crippen LogP contribution in [-0.4, -0.2) is 72.6 Å². The van der Waals surface area contributed by atoms with E-state index in [1.165, 1.54) is 18.2 Å². The van der Waals surface area contributed by atoms with Crippen molar-refractivity contribution in [1.82, 2.24) is 14.9 Å². The third-order valence-corrected chi connectivity index (χ3v) is 7.09. The van der Waals surface area contributed by atoms with Crippen LogP contribution >= 0.6 is 0 Å². The van der Waals surface area contributed by atoms with Crippen molar-refractivity contribution in [1.29, 1.82) is 5.26 Å². The molecule has 0 radical (unpaired) electrons. The number of urea groups is 1. The molecule has 0 saturated carbocycles. The van der Waals surface area contributed by atoms with Gasteiger partial charge in [0.05, 0.1) is 18.8 Å². The smallest absolute Gasteiger partial charge is 0.328 e. The molecule has 3 amide bonds. The summed E-state index contributed by atoms with van der Waals surface area (Å²) in [5.74, 6) is 1.03. The Morgan fingerprint density at radius 1 is 1.32 bits per heavy atom. The monoisotopic (exact) mass is 504 g/mol. The quantitative estimate of drug-likeness (QED) is 0.566. The molecule has 1 atom stereocenters. The number of carbonyl (C=O) groups is 3. The normalized spacial score (nSPS) is 19.2. The third kappa shape index (κ3) is 5.03. The minimum Gasteiger partial charge on any atom is -0.381 e. The zero-order valence-electron chi connectivity index (χ0n) is 20.6. The van der Waals surface area contributed by atoms with Gasteiger partial charge >= 0.3 is 6.03 Å². The van der Waals surface area contributed by atoms with Gasteiger partial charge in [0.25, 0.3) is 5.91 Å². The van der Waals surface area contributed by atoms with Gasteiger partial charge in [-0.15, -0.1) is 0 Å². The molecule has 0 aromatic carbocycles. The Morgan fingerprint density at radius 2 is 2.16 bits per heavy atom. The van der Waals surface area contributed by atoms with Gasteiger partial charge in [-0.2, -0.15) is 5.26 Å². The first kappa shape index (κ1) is 24.8. The Balaban J connectivity index is 1.35. The van der Waals surface area contributed by atoms with Gasteiger partial charge in [-0.1, -0.05) is 0 Å². The van der Waals surface area contributed by atoms with Gasteiger partial charge in [0.2, 0.25) is 0 Å². The average Bonchev–Trinajstić information content (AvgIpc) is 3.24. The summed E-state index contributed by atoms with van der Waals surface area (Å²) in [4.78, 5) is 49.6. The van der Waals surface area contributed by atoms with E-state index in [1.807, 2.05) is 6.07 Å². The van der Waals surface area contributed by atoms with Crippen LogP contribution in [-0.2, 0) is 33.7 Å². The largest absolute Gasteiger partial charge is 0.381 e. The number of rotatable bonds is 7. The fourth-order valence-electron chi connectivity index (χ4n) is 5.00. The molecule has 3 aliphatic heterocycles. The van der Waals surface area contributed by atoms with Gasteiger partial charge in [-0.05, 0) is 42.5 Å². The number of fused-ring (bicyclic) bond motifs is 1. The highest BCUT2D eigenvalue weighted by molar-refractivity contribution is 6.01. The minimum atomic E-state index is -0.456. The molecule has 3 aliphatic rings. The van der Waals surface area contributed by atoms with Crippen LogP contribution in [0.1, 0.15) is 45.6 Å². The molecule has 2 aromatic heterocycles. The maximum atomic E-state index is 13.3. The number of ether oxygens (including phenoxy) is 2. The summed E-state index contributed by atoms with van der Waals surface area (Å²) in [6, 6.07) is 5.35. The zero-order chi connectivity index (χ0) is 25.9. The van der Waals surface area contributed by atoms with E-state index >= 15 is 0 Å². The van der Waals surface area contributed by atoms with Crippen LogP contribution in [0.25, 0.3) is 0 Å². The first-order valence-corrected chi connectivity index (χ1v) is 12.4. The molecule has 2 saturated heterocycles. The number of nitrogens with zero attached hydrogens (tertiary/aromatic N) is 5. The first-order chi connectivity index (χ1) is 18.0. The van der Waals surface area contributed by atoms with E-state index in [9.17, 15) is 19.6 Å². The predicted molar refractivity (Wildman–Crippen MR) is 132 cm³/mol. The molecule has 11 nitrogen and oxygen atoms in total. The van der Waals surface area contributed by atoms with Crippen LogP contribution in [0.2, 0.25) is 0 Å². The van der Waals surface area contributed by atoms with Crippen molar-refractivity contribution in [2.24, 2.45) is 5.92 Å². The molecule has 0 unspecified atom stereocenters. The lowest BCUT2D eigenvalue weighted by atomic mass is 9.96. The molecule has 11 heteroatoms. The molecule has 1 N–H and O–H groups in total. The summed E-state index contributed by atoms with van der Waals surface area (Å²) < 4.78 is 10.5. The van der Waals surface area contributed by atoms with Gasteiger partial charge in [-0.3, -0.25) is 19.8 Å². The lowest BCUT2D eigenvalue weighted by Crippen LogP contribution is -2.40. The zero-order valence-corrected chi connectivity index (χ0v) is 20.6. The number of likely N-dealkylation sites (tertiary alicyclic amines) is 1. The van der Waals surface area contributed by atoms with Crippen LogP contribution in [0, 0.1) is 17.2 Å². The van der Waals surface area contributed by atoms with E-state index in [0.29, 0.717) is 80.5 Å². The topological polar surface area (TPSA) is 138 Å². The van der Waals surface area contributed by atoms with Crippen LogP contribution < -0.4 is 10.2 Å². The fraction of sp³-hybridized carbons (Fsp3) is 0.462. The average molecular weight is 505 g/mol. The molecule has 0 bridgehead atoms. The number of aldehydes is 1. The summed E-state index contributed by atoms with van der Waals surface area (Å²) in [5, 5.41) is 12.2. The number of carbonyl (C=O) groups excluding carboxylic acids is 3. The Hall–Kier alpha value is -3.88. The van der Waals surface area contributed by atoms with Crippen molar-refractivity contribution in [2.45, 2.75) is 38.3 Å². The summed E-state index contributed by atoms with van der Waals surface area (Å²) in [7, 11) is 1.51. The van der Waals surface area contributed by atoms with E-state index in [4.69, 9.17) is 9.47 Å². The van der Waals surface area contributed by atoms with E-state index < -0.39 is 12.1 Å². The van der Waals surface area contributed by atoms with E-state index in [2.05, 4.69) is 21.4 Å². The second-order valence-corrected chi connectivity index (χ2v) is 9.54. The second kappa shape index (κ2) is 10.6. The van der Waals surface area contributed by atoms with Crippen molar-refractivity contribution >= 4 is 29.9 Å². The second-order valence-electron chi connectivity index (χ2n) is 9.54. The van der Waals surface area contributed by atoms with Crippen LogP contribution in [0.3, 0.4) is 0 Å². The molecule has 2 aromatic rings. The third-order valence-electron chi connectivity index (χ3n) is 7.09. The van der Waals surface area contributed by atoms with Gasteiger partial charge < -0.3 is 14.4 Å². The van der Waals surface area contributed by atoms with Crippen molar-refractivity contribution in [3.63, 3.8) is 0 Å². The lowest BCUT2D eigenvalue weighted by molar-refractivity contribution is -0.136. The van der Waals surface area contributed by atoms with Crippen molar-refractivity contribution in [3.05, 3.63) is 46.3 Å². The number of nitriles is 1. The van der Waals surface area contributed by atoms with E-state index in [-0.39, 0.29) is 18.1 Å². The number of hydrogen-bond donors (Lipinski definition) is 1. The SMILES string of the molecule is CO[C@H]1CCN(Cc2cc3c(nc2C=O)N(C(=O)Nc2cc(CC4COC4)c(C#N)cn2)CCC3)C1=O. The highest BCUT2D eigenvalue weighted by Gasteiger charge is 2.33.